The van der Waals surface area contributed by atoms with Crippen molar-refractivity contribution in [3.8, 4) is 22.6 Å². The molecule has 164 valence electrons. The highest BCUT2D eigenvalue weighted by molar-refractivity contribution is 7.99. The number of fused-ring (bicyclic) bond motifs is 2. The Bertz CT molecular complexity index is 1420. The van der Waals surface area contributed by atoms with E-state index in [4.69, 9.17) is 16.3 Å². The summed E-state index contributed by atoms with van der Waals surface area (Å²) in [6.07, 6.45) is 0. The van der Waals surface area contributed by atoms with Crippen molar-refractivity contribution < 1.29 is 4.74 Å². The van der Waals surface area contributed by atoms with Crippen LogP contribution in [0.2, 0.25) is 5.02 Å². The molecule has 0 N–H and O–H groups in total. The average Bonchev–Trinajstić information content (AvgIpc) is 2.89. The van der Waals surface area contributed by atoms with Crippen LogP contribution in [0.4, 0.5) is 17.1 Å². The fourth-order valence-corrected chi connectivity index (χ4v) is 5.53. The molecule has 0 bridgehead atoms. The van der Waals surface area contributed by atoms with Gasteiger partial charge in [-0.1, -0.05) is 96.2 Å². The van der Waals surface area contributed by atoms with Gasteiger partial charge in [0.25, 0.3) is 0 Å². The number of hydrogen-bond donors (Lipinski definition) is 0. The van der Waals surface area contributed by atoms with E-state index in [9.17, 15) is 0 Å². The molecule has 6 rings (SSSR count). The molecule has 0 atom stereocenters. The summed E-state index contributed by atoms with van der Waals surface area (Å²) in [6.45, 7) is 0. The Morgan fingerprint density at radius 2 is 1.21 bits per heavy atom. The lowest BCUT2D eigenvalue weighted by Crippen LogP contribution is -2.12. The summed E-state index contributed by atoms with van der Waals surface area (Å²) in [5, 5.41) is 0.671. The van der Waals surface area contributed by atoms with Crippen LogP contribution in [-0.4, -0.2) is 0 Å². The molecule has 1 aliphatic rings. The number of rotatable bonds is 4. The van der Waals surface area contributed by atoms with Gasteiger partial charge in [-0.05, 0) is 59.7 Å². The van der Waals surface area contributed by atoms with Gasteiger partial charge in [-0.3, -0.25) is 0 Å². The molecular formula is C30H20ClNOS. The Morgan fingerprint density at radius 3 is 1.85 bits per heavy atom. The van der Waals surface area contributed by atoms with Crippen molar-refractivity contribution in [3.05, 3.63) is 126 Å². The maximum Gasteiger partial charge on any atom is 0.165 e. The van der Waals surface area contributed by atoms with Crippen molar-refractivity contribution in [2.24, 2.45) is 0 Å². The molecule has 0 radical (unpaired) electrons. The monoisotopic (exact) mass is 477 g/mol. The predicted molar refractivity (Wildman–Crippen MR) is 142 cm³/mol. The molecule has 5 aromatic rings. The van der Waals surface area contributed by atoms with Gasteiger partial charge in [-0.2, -0.15) is 0 Å². The third-order valence-corrected chi connectivity index (χ3v) is 7.03. The number of ether oxygens (including phenoxy) is 1. The fourth-order valence-electron chi connectivity index (χ4n) is 4.19. The largest absolute Gasteiger partial charge is 0.453 e. The van der Waals surface area contributed by atoms with E-state index in [-0.39, 0.29) is 0 Å². The van der Waals surface area contributed by atoms with Crippen molar-refractivity contribution in [2.45, 2.75) is 9.79 Å². The van der Waals surface area contributed by atoms with Gasteiger partial charge < -0.3 is 9.64 Å². The van der Waals surface area contributed by atoms with E-state index in [0.29, 0.717) is 5.02 Å². The van der Waals surface area contributed by atoms with Gasteiger partial charge in [0.2, 0.25) is 0 Å². The molecule has 0 unspecified atom stereocenters. The summed E-state index contributed by atoms with van der Waals surface area (Å²) in [5.74, 6) is 1.66. The van der Waals surface area contributed by atoms with Crippen LogP contribution < -0.4 is 9.64 Å². The fraction of sp³-hybridized carbons (Fsp3) is 0. The number of para-hydroxylation sites is 2. The van der Waals surface area contributed by atoms with Crippen LogP contribution in [-0.2, 0) is 0 Å². The third-order valence-electron chi connectivity index (χ3n) is 5.75. The highest BCUT2D eigenvalue weighted by Gasteiger charge is 2.26. The molecule has 0 fully saturated rings. The van der Waals surface area contributed by atoms with Gasteiger partial charge >= 0.3 is 0 Å². The number of benzene rings is 5. The average molecular weight is 478 g/mol. The first kappa shape index (κ1) is 20.9. The lowest BCUT2D eigenvalue weighted by molar-refractivity contribution is 0.456. The van der Waals surface area contributed by atoms with Crippen molar-refractivity contribution >= 4 is 40.4 Å². The molecular weight excluding hydrogens is 458 g/mol. The molecule has 0 aromatic heterocycles. The molecule has 0 spiro atoms. The molecule has 2 nitrogen and oxygen atoms in total. The van der Waals surface area contributed by atoms with Crippen molar-refractivity contribution in [3.63, 3.8) is 0 Å². The highest BCUT2D eigenvalue weighted by atomic mass is 35.5. The van der Waals surface area contributed by atoms with Gasteiger partial charge in [-0.25, -0.2) is 0 Å². The summed E-state index contributed by atoms with van der Waals surface area (Å²) in [7, 11) is 0. The van der Waals surface area contributed by atoms with Crippen molar-refractivity contribution in [2.75, 3.05) is 4.90 Å². The SMILES string of the molecule is Clc1cc2c(c(N(c3ccccc3)c3ccccc3)c1)Oc1ccc(-c3ccccc3)cc1S2. The topological polar surface area (TPSA) is 12.5 Å². The number of halogens is 1. The van der Waals surface area contributed by atoms with Crippen LogP contribution in [0.5, 0.6) is 11.5 Å². The molecule has 0 amide bonds. The summed E-state index contributed by atoms with van der Waals surface area (Å²) < 4.78 is 6.56. The highest BCUT2D eigenvalue weighted by Crippen LogP contribution is 2.54. The molecule has 1 aliphatic heterocycles. The minimum Gasteiger partial charge on any atom is -0.453 e. The van der Waals surface area contributed by atoms with E-state index in [2.05, 4.69) is 71.6 Å². The number of hydrogen-bond acceptors (Lipinski definition) is 3. The smallest absolute Gasteiger partial charge is 0.165 e. The zero-order chi connectivity index (χ0) is 22.9. The number of anilines is 3. The molecule has 0 aliphatic carbocycles. The minimum atomic E-state index is 0.671. The standard InChI is InChI=1S/C30H20ClNOS/c31-23-19-26(32(24-12-6-2-7-13-24)25-14-8-3-9-15-25)30-29(20-23)34-28-18-22(16-17-27(28)33-30)21-10-4-1-5-11-21/h1-20H. The van der Waals surface area contributed by atoms with Crippen LogP contribution in [0, 0.1) is 0 Å². The Balaban J connectivity index is 1.47. The van der Waals surface area contributed by atoms with Gasteiger partial charge in [-0.15, -0.1) is 0 Å². The Kier molecular flexibility index (Phi) is 5.50. The zero-order valence-corrected chi connectivity index (χ0v) is 19.8. The molecule has 5 aromatic carbocycles. The molecule has 0 saturated carbocycles. The van der Waals surface area contributed by atoms with E-state index in [0.717, 1.165) is 43.9 Å². The Hall–Kier alpha value is -3.66. The summed E-state index contributed by atoms with van der Waals surface area (Å²) >= 11 is 8.35. The maximum atomic E-state index is 6.66. The first-order chi connectivity index (χ1) is 16.8. The lowest BCUT2D eigenvalue weighted by Gasteiger charge is -2.30. The van der Waals surface area contributed by atoms with Crippen LogP contribution in [0.25, 0.3) is 11.1 Å². The summed E-state index contributed by atoms with van der Waals surface area (Å²) in [4.78, 5) is 4.26. The second kappa shape index (κ2) is 8.94. The second-order valence-corrected chi connectivity index (χ2v) is 9.51. The maximum absolute atomic E-state index is 6.66. The van der Waals surface area contributed by atoms with E-state index in [1.54, 1.807) is 11.8 Å². The van der Waals surface area contributed by atoms with E-state index < -0.39 is 0 Å². The molecule has 4 heteroatoms. The van der Waals surface area contributed by atoms with Crippen molar-refractivity contribution in [1.82, 2.24) is 0 Å². The van der Waals surface area contributed by atoms with Crippen LogP contribution >= 0.6 is 23.4 Å². The summed E-state index contributed by atoms with van der Waals surface area (Å²) in [5.41, 5.74) is 5.33. The minimum absolute atomic E-state index is 0.671. The van der Waals surface area contributed by atoms with Crippen molar-refractivity contribution in [1.29, 1.82) is 0 Å². The number of nitrogens with zero attached hydrogens (tertiary/aromatic N) is 1. The quantitative estimate of drug-likeness (QED) is 0.250. The van der Waals surface area contributed by atoms with E-state index in [1.807, 2.05) is 54.6 Å². The van der Waals surface area contributed by atoms with Crippen LogP contribution in [0.1, 0.15) is 0 Å². The van der Waals surface area contributed by atoms with E-state index >= 15 is 0 Å². The van der Waals surface area contributed by atoms with Crippen LogP contribution in [0.3, 0.4) is 0 Å². The zero-order valence-electron chi connectivity index (χ0n) is 18.2. The predicted octanol–water partition coefficient (Wildman–Crippen LogP) is 9.73. The third kappa shape index (κ3) is 3.94. The van der Waals surface area contributed by atoms with Gasteiger partial charge in [0.05, 0.1) is 15.5 Å². The van der Waals surface area contributed by atoms with Gasteiger partial charge in [0.15, 0.2) is 5.75 Å². The van der Waals surface area contributed by atoms with Crippen LogP contribution in [0.15, 0.2) is 131 Å². The second-order valence-electron chi connectivity index (χ2n) is 7.99. The summed E-state index contributed by atoms with van der Waals surface area (Å²) in [6, 6.07) is 41.3. The Labute approximate surface area is 208 Å². The first-order valence-electron chi connectivity index (χ1n) is 11.1. The molecule has 34 heavy (non-hydrogen) atoms. The first-order valence-corrected chi connectivity index (χ1v) is 12.2. The lowest BCUT2D eigenvalue weighted by atomic mass is 10.1. The molecule has 1 heterocycles. The van der Waals surface area contributed by atoms with Gasteiger partial charge in [0, 0.05) is 16.4 Å². The normalized spacial score (nSPS) is 11.8. The van der Waals surface area contributed by atoms with Gasteiger partial charge in [0.1, 0.15) is 5.75 Å². The molecule has 0 saturated heterocycles. The Morgan fingerprint density at radius 1 is 0.588 bits per heavy atom. The van der Waals surface area contributed by atoms with E-state index in [1.165, 1.54) is 5.56 Å².